The van der Waals surface area contributed by atoms with Crippen molar-refractivity contribution in [2.75, 3.05) is 0 Å². The molecule has 0 aromatic carbocycles. The van der Waals surface area contributed by atoms with Crippen LogP contribution in [0.4, 0.5) is 13.2 Å². The normalized spacial score (nSPS) is 11.7. The SMILES string of the molecule is Cc1nccn(CCC(F)(F)F)c1=O. The Morgan fingerprint density at radius 3 is 2.71 bits per heavy atom. The zero-order chi connectivity index (χ0) is 10.8. The Kier molecular flexibility index (Phi) is 2.93. The zero-order valence-electron chi connectivity index (χ0n) is 7.51. The first-order valence-corrected chi connectivity index (χ1v) is 3.99. The van der Waals surface area contributed by atoms with Gasteiger partial charge in [0.15, 0.2) is 0 Å². The van der Waals surface area contributed by atoms with Crippen LogP contribution in [-0.2, 0) is 6.54 Å². The first-order chi connectivity index (χ1) is 6.40. The lowest BCUT2D eigenvalue weighted by Crippen LogP contribution is -2.25. The van der Waals surface area contributed by atoms with Gasteiger partial charge in [-0.2, -0.15) is 13.2 Å². The molecule has 1 aromatic rings. The maximum Gasteiger partial charge on any atom is 0.390 e. The van der Waals surface area contributed by atoms with Crippen molar-refractivity contribution >= 4 is 0 Å². The van der Waals surface area contributed by atoms with Crippen LogP contribution in [0.25, 0.3) is 0 Å². The van der Waals surface area contributed by atoms with Crippen molar-refractivity contribution in [3.05, 3.63) is 28.4 Å². The van der Waals surface area contributed by atoms with E-state index in [9.17, 15) is 18.0 Å². The van der Waals surface area contributed by atoms with Crippen LogP contribution in [0.5, 0.6) is 0 Å². The summed E-state index contributed by atoms with van der Waals surface area (Å²) in [7, 11) is 0. The van der Waals surface area contributed by atoms with E-state index in [0.717, 1.165) is 4.57 Å². The van der Waals surface area contributed by atoms with E-state index in [-0.39, 0.29) is 12.2 Å². The maximum absolute atomic E-state index is 11.8. The minimum atomic E-state index is -4.24. The van der Waals surface area contributed by atoms with E-state index in [1.807, 2.05) is 0 Å². The summed E-state index contributed by atoms with van der Waals surface area (Å²) in [5.74, 6) is 0. The number of rotatable bonds is 2. The molecule has 1 rings (SSSR count). The van der Waals surface area contributed by atoms with Gasteiger partial charge in [-0.05, 0) is 6.92 Å². The summed E-state index contributed by atoms with van der Waals surface area (Å²) in [6.07, 6.45) is -2.68. The Morgan fingerprint density at radius 1 is 1.50 bits per heavy atom. The van der Waals surface area contributed by atoms with Crippen LogP contribution in [-0.4, -0.2) is 15.7 Å². The van der Waals surface area contributed by atoms with Gasteiger partial charge in [0.1, 0.15) is 5.69 Å². The first-order valence-electron chi connectivity index (χ1n) is 3.99. The van der Waals surface area contributed by atoms with Crippen LogP contribution >= 0.6 is 0 Å². The summed E-state index contributed by atoms with van der Waals surface area (Å²) in [6, 6.07) is 0. The van der Waals surface area contributed by atoms with Gasteiger partial charge in [-0.1, -0.05) is 0 Å². The summed E-state index contributed by atoms with van der Waals surface area (Å²) in [5.41, 5.74) is -0.272. The number of nitrogens with zero attached hydrogens (tertiary/aromatic N) is 2. The van der Waals surface area contributed by atoms with Crippen molar-refractivity contribution < 1.29 is 13.2 Å². The molecular weight excluding hydrogens is 197 g/mol. The Hall–Kier alpha value is -1.33. The molecule has 6 heteroatoms. The predicted octanol–water partition coefficient (Wildman–Crippen LogP) is 1.50. The van der Waals surface area contributed by atoms with Gasteiger partial charge in [0.05, 0.1) is 6.42 Å². The van der Waals surface area contributed by atoms with Crippen molar-refractivity contribution in [1.82, 2.24) is 9.55 Å². The maximum atomic E-state index is 11.8. The standard InChI is InChI=1S/C8H9F3N2O/c1-6-7(14)13(5-3-12-6)4-2-8(9,10)11/h3,5H,2,4H2,1H3. The number of halogens is 3. The highest BCUT2D eigenvalue weighted by atomic mass is 19.4. The largest absolute Gasteiger partial charge is 0.390 e. The van der Waals surface area contributed by atoms with E-state index in [1.165, 1.54) is 19.3 Å². The molecule has 0 atom stereocenters. The highest BCUT2D eigenvalue weighted by Crippen LogP contribution is 2.19. The van der Waals surface area contributed by atoms with Crippen molar-refractivity contribution in [1.29, 1.82) is 0 Å². The lowest BCUT2D eigenvalue weighted by molar-refractivity contribution is -0.136. The van der Waals surface area contributed by atoms with E-state index >= 15 is 0 Å². The average Bonchev–Trinajstić information content (AvgIpc) is 2.06. The Balaban J connectivity index is 2.78. The van der Waals surface area contributed by atoms with Crippen LogP contribution in [0, 0.1) is 6.92 Å². The van der Waals surface area contributed by atoms with Crippen molar-refractivity contribution in [3.63, 3.8) is 0 Å². The number of aryl methyl sites for hydroxylation is 2. The van der Waals surface area contributed by atoms with Gasteiger partial charge in [-0.15, -0.1) is 0 Å². The lowest BCUT2D eigenvalue weighted by Gasteiger charge is -2.08. The van der Waals surface area contributed by atoms with Gasteiger partial charge in [0.25, 0.3) is 5.56 Å². The fourth-order valence-corrected chi connectivity index (χ4v) is 0.980. The van der Waals surface area contributed by atoms with Crippen LogP contribution < -0.4 is 5.56 Å². The minimum Gasteiger partial charge on any atom is -0.312 e. The summed E-state index contributed by atoms with van der Waals surface area (Å²) in [6.45, 7) is 1.11. The predicted molar refractivity (Wildman–Crippen MR) is 43.9 cm³/mol. The number of hydrogen-bond donors (Lipinski definition) is 0. The van der Waals surface area contributed by atoms with E-state index in [4.69, 9.17) is 0 Å². The highest BCUT2D eigenvalue weighted by molar-refractivity contribution is 4.94. The molecule has 0 aliphatic carbocycles. The molecule has 0 fully saturated rings. The molecule has 0 amide bonds. The topological polar surface area (TPSA) is 34.9 Å². The number of alkyl halides is 3. The average molecular weight is 206 g/mol. The second kappa shape index (κ2) is 3.81. The van der Waals surface area contributed by atoms with Crippen LogP contribution in [0.3, 0.4) is 0 Å². The van der Waals surface area contributed by atoms with Gasteiger partial charge in [0.2, 0.25) is 0 Å². The van der Waals surface area contributed by atoms with Gasteiger partial charge >= 0.3 is 6.18 Å². The summed E-state index contributed by atoms with van der Waals surface area (Å²) in [4.78, 5) is 14.9. The number of hydrogen-bond acceptors (Lipinski definition) is 2. The van der Waals surface area contributed by atoms with Crippen LogP contribution in [0.15, 0.2) is 17.2 Å². The molecular formula is C8H9F3N2O. The molecule has 0 bridgehead atoms. The van der Waals surface area contributed by atoms with Crippen molar-refractivity contribution in [2.24, 2.45) is 0 Å². The molecule has 14 heavy (non-hydrogen) atoms. The third kappa shape index (κ3) is 2.86. The molecule has 0 N–H and O–H groups in total. The summed E-state index contributed by atoms with van der Waals surface area (Å²) < 4.78 is 36.5. The third-order valence-electron chi connectivity index (χ3n) is 1.72. The summed E-state index contributed by atoms with van der Waals surface area (Å²) >= 11 is 0. The van der Waals surface area contributed by atoms with Gasteiger partial charge in [0, 0.05) is 18.9 Å². The highest BCUT2D eigenvalue weighted by Gasteiger charge is 2.26. The summed E-state index contributed by atoms with van der Waals surface area (Å²) in [5, 5.41) is 0. The quantitative estimate of drug-likeness (QED) is 0.735. The van der Waals surface area contributed by atoms with E-state index in [1.54, 1.807) is 0 Å². The molecule has 0 saturated carbocycles. The smallest absolute Gasteiger partial charge is 0.312 e. The molecule has 1 heterocycles. The fourth-order valence-electron chi connectivity index (χ4n) is 0.980. The van der Waals surface area contributed by atoms with E-state index < -0.39 is 18.2 Å². The molecule has 0 unspecified atom stereocenters. The van der Waals surface area contributed by atoms with E-state index in [0.29, 0.717) is 0 Å². The molecule has 0 saturated heterocycles. The molecule has 0 aliphatic heterocycles. The molecule has 0 spiro atoms. The molecule has 1 aromatic heterocycles. The Morgan fingerprint density at radius 2 is 2.14 bits per heavy atom. The van der Waals surface area contributed by atoms with Gasteiger partial charge < -0.3 is 4.57 Å². The molecule has 0 radical (unpaired) electrons. The first kappa shape index (κ1) is 10.7. The second-order valence-corrected chi connectivity index (χ2v) is 2.88. The molecule has 3 nitrogen and oxygen atoms in total. The monoisotopic (exact) mass is 206 g/mol. The van der Waals surface area contributed by atoms with Gasteiger partial charge in [-0.3, -0.25) is 9.78 Å². The van der Waals surface area contributed by atoms with Crippen molar-refractivity contribution in [3.8, 4) is 0 Å². The van der Waals surface area contributed by atoms with Gasteiger partial charge in [-0.25, -0.2) is 0 Å². The molecule has 78 valence electrons. The Bertz CT molecular complexity index is 370. The second-order valence-electron chi connectivity index (χ2n) is 2.88. The zero-order valence-corrected chi connectivity index (χ0v) is 7.51. The molecule has 0 aliphatic rings. The number of aromatic nitrogens is 2. The fraction of sp³-hybridized carbons (Fsp3) is 0.500. The lowest BCUT2D eigenvalue weighted by atomic mass is 10.4. The Labute approximate surface area is 78.2 Å². The van der Waals surface area contributed by atoms with Crippen LogP contribution in [0.1, 0.15) is 12.1 Å². The minimum absolute atomic E-state index is 0.203. The van der Waals surface area contributed by atoms with E-state index in [2.05, 4.69) is 4.98 Å². The third-order valence-corrected chi connectivity index (χ3v) is 1.72. The van der Waals surface area contributed by atoms with Crippen LogP contribution in [0.2, 0.25) is 0 Å². The van der Waals surface area contributed by atoms with Crippen molar-refractivity contribution in [2.45, 2.75) is 26.1 Å².